The number of hydrogen-bond donors (Lipinski definition) is 4. The van der Waals surface area contributed by atoms with Gasteiger partial charge in [0.2, 0.25) is 0 Å². The number of alkyl halides is 8. The molecule has 0 bridgehead atoms. The molecule has 3 atom stereocenters. The first-order valence-corrected chi connectivity index (χ1v) is 26.8. The Balaban J connectivity index is 0. The van der Waals surface area contributed by atoms with Gasteiger partial charge in [0.15, 0.2) is 34.3 Å². The molecule has 0 fully saturated rings. The second-order valence-electron chi connectivity index (χ2n) is 13.0. The maximum absolute atomic E-state index is 12.8. The van der Waals surface area contributed by atoms with Crippen molar-refractivity contribution in [3.63, 3.8) is 0 Å². The summed E-state index contributed by atoms with van der Waals surface area (Å²) in [5.74, 6) is -0.663. The van der Waals surface area contributed by atoms with Gasteiger partial charge in [-0.25, -0.2) is 42.5 Å². The van der Waals surface area contributed by atoms with Crippen LogP contribution in [0.25, 0.3) is 20.9 Å². The van der Waals surface area contributed by atoms with Crippen molar-refractivity contribution in [1.82, 2.24) is 5.32 Å². The van der Waals surface area contributed by atoms with Gasteiger partial charge in [-0.1, -0.05) is 64.7 Å². The fourth-order valence-electron chi connectivity index (χ4n) is 4.23. The van der Waals surface area contributed by atoms with Crippen LogP contribution >= 0.6 is 23.2 Å². The zero-order valence-corrected chi connectivity index (χ0v) is 40.3. The summed E-state index contributed by atoms with van der Waals surface area (Å²) >= 11 is 10.7. The Hall–Kier alpha value is -4.46. The number of hydrogen-bond acceptors (Lipinski definition) is 13. The van der Waals surface area contributed by atoms with Crippen molar-refractivity contribution in [2.45, 2.75) is 62.4 Å². The monoisotopic (exact) mass is 1100 g/mol. The van der Waals surface area contributed by atoms with Gasteiger partial charge in [0.25, 0.3) is 5.91 Å². The topological polar surface area (TPSA) is 364 Å². The van der Waals surface area contributed by atoms with E-state index in [2.05, 4.69) is 15.3 Å². The van der Waals surface area contributed by atoms with Crippen molar-refractivity contribution in [2.24, 2.45) is 15.4 Å². The summed E-state index contributed by atoms with van der Waals surface area (Å²) in [7, 11) is -19.9. The van der Waals surface area contributed by atoms with E-state index in [1.807, 2.05) is 0 Å². The number of sulfone groups is 3. The summed E-state index contributed by atoms with van der Waals surface area (Å²) in [5, 5.41) is 5.66. The third-order valence-corrected chi connectivity index (χ3v) is 11.9. The van der Waals surface area contributed by atoms with Crippen molar-refractivity contribution >= 4 is 79.0 Å². The highest BCUT2D eigenvalue weighted by Gasteiger charge is 2.45. The Kier molecular flexibility index (Phi) is 28.4. The zero-order chi connectivity index (χ0) is 52.6. The molecule has 67 heavy (non-hydrogen) atoms. The van der Waals surface area contributed by atoms with Gasteiger partial charge in [-0.15, -0.1) is 0 Å². The van der Waals surface area contributed by atoms with Crippen molar-refractivity contribution in [3.8, 4) is 0 Å². The smallest absolute Gasteiger partial charge is 0.348 e. The number of azide groups is 2. The van der Waals surface area contributed by atoms with E-state index in [4.69, 9.17) is 57.5 Å². The molecule has 0 aliphatic heterocycles. The Morgan fingerprint density at radius 3 is 1.24 bits per heavy atom. The van der Waals surface area contributed by atoms with Crippen molar-refractivity contribution in [1.29, 1.82) is 0 Å². The van der Waals surface area contributed by atoms with Crippen LogP contribution in [0.4, 0.5) is 26.3 Å². The van der Waals surface area contributed by atoms with E-state index in [9.17, 15) is 64.8 Å². The number of carbonyl (C=O) groups excluding carboxylic acids is 1. The average Bonchev–Trinajstić information content (AvgIpc) is 3.19. The lowest BCUT2D eigenvalue weighted by atomic mass is 10.1. The van der Waals surface area contributed by atoms with Gasteiger partial charge >= 0.3 is 25.9 Å². The molecule has 0 saturated carbocycles. The van der Waals surface area contributed by atoms with Crippen LogP contribution in [0.1, 0.15) is 16.7 Å². The molecule has 3 aromatic carbocycles. The number of halogens is 8. The minimum absolute atomic E-state index is 0.184. The number of nitrogens with two attached hydrogens (primary N) is 1. The quantitative estimate of drug-likeness (QED) is 0.0339. The van der Waals surface area contributed by atoms with Gasteiger partial charge in [-0.3, -0.25) is 18.3 Å². The third kappa shape index (κ3) is 29.8. The highest BCUT2D eigenvalue weighted by molar-refractivity contribution is 7.91. The van der Waals surface area contributed by atoms with Crippen LogP contribution in [0.15, 0.2) is 97.1 Å². The van der Waals surface area contributed by atoms with Crippen LogP contribution in [0.5, 0.6) is 0 Å². The van der Waals surface area contributed by atoms with Gasteiger partial charge in [-0.05, 0) is 83.4 Å². The number of carbonyl (C=O) groups is 1. The molecule has 21 nitrogen and oxygen atoms in total. The number of amides is 1. The molecule has 0 radical (unpaired) electrons. The molecule has 5 N–H and O–H groups in total. The van der Waals surface area contributed by atoms with E-state index in [-0.39, 0.29) is 27.5 Å². The summed E-state index contributed by atoms with van der Waals surface area (Å²) in [6.07, 6.45) is 4.26. The normalized spacial score (nSPS) is 13.0. The van der Waals surface area contributed by atoms with Crippen LogP contribution in [0.2, 0.25) is 0 Å². The second-order valence-corrected chi connectivity index (χ2v) is 22.6. The van der Waals surface area contributed by atoms with E-state index >= 15 is 0 Å². The maximum atomic E-state index is 12.8. The van der Waals surface area contributed by atoms with Crippen LogP contribution in [-0.4, -0.2) is 124 Å². The van der Waals surface area contributed by atoms with E-state index in [1.165, 1.54) is 41.3 Å². The van der Waals surface area contributed by atoms with Crippen LogP contribution in [0.3, 0.4) is 0 Å². The lowest BCUT2D eigenvalue weighted by Crippen LogP contribution is -2.40. The van der Waals surface area contributed by atoms with E-state index < -0.39 is 104 Å². The molecule has 0 aromatic heterocycles. The average molecular weight is 1100 g/mol. The third-order valence-electron chi connectivity index (χ3n) is 7.26. The lowest BCUT2D eigenvalue weighted by molar-refractivity contribution is -0.120. The first-order valence-electron chi connectivity index (χ1n) is 17.5. The van der Waals surface area contributed by atoms with Crippen LogP contribution < -0.4 is 11.1 Å². The number of rotatable bonds is 16. The maximum Gasteiger partial charge on any atom is 0.504 e. The number of benzene rings is 3. The Labute approximate surface area is 391 Å². The summed E-state index contributed by atoms with van der Waals surface area (Å²) < 4.78 is 191. The first-order chi connectivity index (χ1) is 30.4. The molecule has 378 valence electrons. The molecular formula is C33H42Cl2F6N8O13S5. The van der Waals surface area contributed by atoms with Crippen molar-refractivity contribution in [2.75, 3.05) is 38.8 Å². The zero-order valence-electron chi connectivity index (χ0n) is 34.7. The molecule has 0 aliphatic carbocycles. The standard InChI is InChI=1S/C12H14Cl2FNO3S.C10H12FN3O2S.C10H14FNO2S.CF3N3O2S.H2O4S/c1-20(18,19)10-4-2-8(3-5-10)6-9(7-15)16-12(17)11(13)14;1-17(15,16)10-4-2-8(3-5-10)6-9(7-11)13-14-12;1-15(13,14)10-4-2-8(3-5-10)6-9(12)7-11;2-1(3,4)10(8,9)7-6-5;1-5(2,3)4/h2-5,9,11H,6-7H2,1H3,(H,16,17);2-5,9H,6-7H2,1H3;2-5,9H,6-7,12H2,1H3;;(H2,1,2,3,4)/t3*9-;;/m000../s1. The fraction of sp³-hybridized carbons (Fsp3) is 0.424. The minimum Gasteiger partial charge on any atom is -0.348 e. The molecule has 1 amide bonds. The molecule has 0 unspecified atom stereocenters. The van der Waals surface area contributed by atoms with Gasteiger partial charge in [0.1, 0.15) is 13.3 Å². The largest absolute Gasteiger partial charge is 0.504 e. The molecule has 0 saturated heterocycles. The highest BCUT2D eigenvalue weighted by Crippen LogP contribution is 2.24. The Morgan fingerprint density at radius 1 is 0.657 bits per heavy atom. The van der Waals surface area contributed by atoms with Gasteiger partial charge < -0.3 is 11.1 Å². The van der Waals surface area contributed by atoms with Crippen molar-refractivity contribution < 1.29 is 82.3 Å². The molecule has 3 aromatic rings. The first kappa shape index (κ1) is 64.6. The molecule has 3 rings (SSSR count). The summed E-state index contributed by atoms with van der Waals surface area (Å²) in [5.41, 5.74) is 17.8. The number of nitrogens with zero attached hydrogens (tertiary/aromatic N) is 6. The lowest BCUT2D eigenvalue weighted by Gasteiger charge is -2.16. The highest BCUT2D eigenvalue weighted by atomic mass is 35.5. The van der Waals surface area contributed by atoms with E-state index in [1.54, 1.807) is 40.9 Å². The Morgan fingerprint density at radius 2 is 1.00 bits per heavy atom. The minimum atomic E-state index is -5.64. The van der Waals surface area contributed by atoms with Crippen LogP contribution in [-0.2, 0) is 74.0 Å². The molecule has 34 heteroatoms. The molecule has 0 spiro atoms. The Bertz CT molecular complexity index is 2690. The van der Waals surface area contributed by atoms with Crippen molar-refractivity contribution in [3.05, 3.63) is 110 Å². The molecular weight excluding hydrogens is 1060 g/mol. The van der Waals surface area contributed by atoms with E-state index in [0.29, 0.717) is 12.0 Å². The molecule has 0 heterocycles. The van der Waals surface area contributed by atoms with Gasteiger partial charge in [-0.2, -0.15) is 21.6 Å². The number of nitrogens with one attached hydrogen (secondary N) is 1. The SMILES string of the molecule is CS(=O)(=O)c1ccc(C[C@@H](CF)N=[N+]=[N-])cc1.CS(=O)(=O)c1ccc(C[C@@H](CF)NC(=O)C(Cl)Cl)cc1.CS(=O)(=O)c1ccc(C[C@H](N)CF)cc1.O=S(=O)(O)O.[N-]=[N+]=NS(=O)(=O)C(F)(F)F. The second kappa shape index (κ2) is 29.4. The summed E-state index contributed by atoms with van der Waals surface area (Å²) in [6.45, 7) is -2.09. The van der Waals surface area contributed by atoms with E-state index in [0.717, 1.165) is 29.9 Å². The van der Waals surface area contributed by atoms with Gasteiger partial charge in [0, 0.05) is 39.2 Å². The summed E-state index contributed by atoms with van der Waals surface area (Å²) in [4.78, 5) is 14.7. The van der Waals surface area contributed by atoms with Gasteiger partial charge in [0.05, 0.1) is 33.4 Å². The number of sulfonamides is 1. The molecule has 0 aliphatic rings. The predicted molar refractivity (Wildman–Crippen MR) is 234 cm³/mol. The fourth-order valence-corrected chi connectivity index (χ4v) is 6.44. The predicted octanol–water partition coefficient (Wildman–Crippen LogP) is 5.59. The van der Waals surface area contributed by atoms with Crippen LogP contribution in [0, 0.1) is 0 Å². The summed E-state index contributed by atoms with van der Waals surface area (Å²) in [6, 6.07) is 16.4.